The van der Waals surface area contributed by atoms with Gasteiger partial charge in [-0.25, -0.2) is 4.98 Å². The molecule has 11 aromatic rings. The Morgan fingerprint density at radius 1 is 0.431 bits per heavy atom. The van der Waals surface area contributed by atoms with Gasteiger partial charge in [0.25, 0.3) is 0 Å². The summed E-state index contributed by atoms with van der Waals surface area (Å²) in [7, 11) is 0. The van der Waals surface area contributed by atoms with E-state index in [0.29, 0.717) is 16.7 Å². The zero-order chi connectivity index (χ0) is 55.1. The molecule has 0 N–H and O–H groups in total. The van der Waals surface area contributed by atoms with Crippen LogP contribution in [0.15, 0.2) is 194 Å². The molecular weight excluding hydrogens is 709 g/mol. The van der Waals surface area contributed by atoms with Crippen molar-refractivity contribution in [2.45, 2.75) is 0 Å². The fourth-order valence-corrected chi connectivity index (χ4v) is 7.04. The van der Waals surface area contributed by atoms with E-state index in [1.807, 2.05) is 0 Å². The van der Waals surface area contributed by atoms with E-state index in [1.54, 1.807) is 78.9 Å². The van der Waals surface area contributed by atoms with Crippen molar-refractivity contribution in [3.05, 3.63) is 199 Å². The smallest absolute Gasteiger partial charge is 0.238 e. The number of nitriles is 1. The second-order valence-electron chi connectivity index (χ2n) is 13.0. The molecule has 0 atom stereocenters. The molecule has 11 rings (SSSR count). The predicted molar refractivity (Wildman–Crippen MR) is 235 cm³/mol. The van der Waals surface area contributed by atoms with Crippen molar-refractivity contribution in [1.82, 2.24) is 24.1 Å². The largest absolute Gasteiger partial charge is 0.307 e. The van der Waals surface area contributed by atoms with Gasteiger partial charge in [-0.1, -0.05) is 157 Å². The topological polar surface area (TPSA) is 72.3 Å². The number of hydrogen-bond acceptors (Lipinski definition) is 4. The lowest BCUT2D eigenvalue weighted by atomic mass is 10.0. The average Bonchev–Trinajstić information content (AvgIpc) is 4.22. The fourth-order valence-electron chi connectivity index (χ4n) is 7.04. The number of rotatable bonds is 6. The Balaban J connectivity index is 1.38. The van der Waals surface area contributed by atoms with Crippen molar-refractivity contribution in [2.75, 3.05) is 0 Å². The second-order valence-corrected chi connectivity index (χ2v) is 13.0. The first-order valence-electron chi connectivity index (χ1n) is 27.2. The predicted octanol–water partition coefficient (Wildman–Crippen LogP) is 12.6. The van der Waals surface area contributed by atoms with Crippen LogP contribution in [0.2, 0.25) is 0 Å². The van der Waals surface area contributed by atoms with Crippen LogP contribution in [0.5, 0.6) is 0 Å². The molecule has 270 valence electrons. The number of hydrogen-bond donors (Lipinski definition) is 0. The van der Waals surface area contributed by atoms with Gasteiger partial charge in [-0.15, -0.1) is 0 Å². The van der Waals surface area contributed by atoms with Crippen LogP contribution in [0.3, 0.4) is 0 Å². The quantitative estimate of drug-likeness (QED) is 0.169. The molecule has 0 aliphatic carbocycles. The van der Waals surface area contributed by atoms with Gasteiger partial charge in [0.05, 0.1) is 59.7 Å². The first-order chi connectivity index (χ1) is 36.6. The first-order valence-corrected chi connectivity index (χ1v) is 17.7. The Morgan fingerprint density at radius 3 is 1.62 bits per heavy atom. The minimum absolute atomic E-state index is 0.0191. The standard InChI is InChI=1S/C52H32N6/c53-33-34-22-24-36(25-23-34)37-26-28-39(29-27-37)51-54-50(38-14-5-2-6-15-38)55-52(56-51)58-47-21-10-8-19-43(47)45-31-30-44-42-18-7-9-20-46(42)57(48(44)49(45)58)41-17-11-16-40(32-41)35-12-3-1-4-13-35/h1-32H/i1D,3D,4D,7D,8D,9D,10D,11D,12D,13D,16D,17D,18D,19D,20D,21D,30D,31D,32D. The summed E-state index contributed by atoms with van der Waals surface area (Å²) in [4.78, 5) is 14.7. The van der Waals surface area contributed by atoms with Crippen molar-refractivity contribution in [3.8, 4) is 62.7 Å². The Kier molecular flexibility index (Phi) is 4.47. The highest BCUT2D eigenvalue weighted by molar-refractivity contribution is 6.23. The summed E-state index contributed by atoms with van der Waals surface area (Å²) >= 11 is 0. The molecular formula is C52H32N6. The van der Waals surface area contributed by atoms with Crippen LogP contribution in [0.4, 0.5) is 0 Å². The van der Waals surface area contributed by atoms with E-state index in [9.17, 15) is 17.6 Å². The van der Waals surface area contributed by atoms with E-state index in [-0.39, 0.29) is 39.4 Å². The van der Waals surface area contributed by atoms with Crippen molar-refractivity contribution in [2.24, 2.45) is 0 Å². The maximum absolute atomic E-state index is 9.87. The van der Waals surface area contributed by atoms with Crippen molar-refractivity contribution >= 4 is 43.6 Å². The monoisotopic (exact) mass is 759 g/mol. The number of nitrogens with zero attached hydrogens (tertiary/aromatic N) is 6. The summed E-state index contributed by atoms with van der Waals surface area (Å²) in [6.45, 7) is 0. The van der Waals surface area contributed by atoms with Crippen molar-refractivity contribution in [1.29, 1.82) is 5.26 Å². The Labute approximate surface area is 360 Å². The summed E-state index contributed by atoms with van der Waals surface area (Å²) in [5, 5.41) is 7.83. The molecule has 0 aliphatic rings. The van der Waals surface area contributed by atoms with Crippen LogP contribution in [0.1, 0.15) is 31.6 Å². The number of aromatic nitrogens is 5. The summed E-state index contributed by atoms with van der Waals surface area (Å²) in [5.41, 5.74) is -0.922. The molecule has 0 saturated carbocycles. The molecule has 6 nitrogen and oxygen atoms in total. The molecule has 3 heterocycles. The molecule has 6 heteroatoms. The zero-order valence-corrected chi connectivity index (χ0v) is 29.7. The average molecular weight is 760 g/mol. The minimum atomic E-state index is -0.951. The molecule has 0 radical (unpaired) electrons. The highest BCUT2D eigenvalue weighted by atomic mass is 15.2. The molecule has 0 amide bonds. The normalized spacial score (nSPS) is 16.0. The van der Waals surface area contributed by atoms with Gasteiger partial charge in [0.1, 0.15) is 0 Å². The van der Waals surface area contributed by atoms with Gasteiger partial charge in [-0.3, -0.25) is 4.57 Å². The maximum Gasteiger partial charge on any atom is 0.238 e. The van der Waals surface area contributed by atoms with Crippen LogP contribution >= 0.6 is 0 Å². The SMILES string of the molecule is [2H]c1c([2H])c([2H])c(-c2c([2H])c([2H])c([2H])c(-n3c4c([2H])c([2H])c([2H])c([2H])c4c4c([2H])c([2H])c5c6c([2H])c([2H])c([2H])c([2H])c6n(-c6nc(-c7ccccc7)nc(-c7ccc(-c8ccc(C#N)cc8)cc7)n6)c5c43)c2[2H])c([2H])c1[2H]. The van der Waals surface area contributed by atoms with E-state index in [0.717, 1.165) is 15.7 Å². The number of para-hydroxylation sites is 2. The van der Waals surface area contributed by atoms with E-state index in [2.05, 4.69) is 6.07 Å². The van der Waals surface area contributed by atoms with Gasteiger partial charge in [-0.2, -0.15) is 15.2 Å². The van der Waals surface area contributed by atoms with Crippen LogP contribution < -0.4 is 0 Å². The summed E-state index contributed by atoms with van der Waals surface area (Å²) in [6, 6.07) is 9.21. The molecule has 0 aliphatic heterocycles. The lowest BCUT2D eigenvalue weighted by molar-refractivity contribution is 0.953. The second kappa shape index (κ2) is 13.6. The van der Waals surface area contributed by atoms with Crippen LogP contribution in [0.25, 0.3) is 100 Å². The van der Waals surface area contributed by atoms with E-state index < -0.39 is 153 Å². The van der Waals surface area contributed by atoms with Gasteiger partial charge < -0.3 is 4.57 Å². The lowest BCUT2D eigenvalue weighted by Gasteiger charge is -2.14. The molecule has 8 aromatic carbocycles. The highest BCUT2D eigenvalue weighted by Crippen LogP contribution is 2.42. The van der Waals surface area contributed by atoms with Crippen molar-refractivity contribution < 1.29 is 26.0 Å². The lowest BCUT2D eigenvalue weighted by Crippen LogP contribution is -2.07. The molecule has 0 spiro atoms. The molecule has 0 bridgehead atoms. The van der Waals surface area contributed by atoms with Crippen LogP contribution in [0, 0.1) is 11.3 Å². The van der Waals surface area contributed by atoms with Crippen LogP contribution in [-0.4, -0.2) is 24.1 Å². The molecule has 58 heavy (non-hydrogen) atoms. The van der Waals surface area contributed by atoms with Gasteiger partial charge in [-0.05, 0) is 58.6 Å². The van der Waals surface area contributed by atoms with E-state index >= 15 is 0 Å². The highest BCUT2D eigenvalue weighted by Gasteiger charge is 2.23. The third-order valence-electron chi connectivity index (χ3n) is 9.67. The minimum Gasteiger partial charge on any atom is -0.307 e. The Hall–Kier alpha value is -8.14. The Morgan fingerprint density at radius 2 is 0.966 bits per heavy atom. The summed E-state index contributed by atoms with van der Waals surface area (Å²) in [5.74, 6) is -0.303. The van der Waals surface area contributed by atoms with Crippen molar-refractivity contribution in [3.63, 3.8) is 0 Å². The Bertz CT molecular complexity index is 4470. The molecule has 0 fully saturated rings. The molecule has 3 aromatic heterocycles. The van der Waals surface area contributed by atoms with Gasteiger partial charge in [0.2, 0.25) is 5.95 Å². The van der Waals surface area contributed by atoms with E-state index in [4.69, 9.17) is 28.7 Å². The molecule has 0 unspecified atom stereocenters. The fraction of sp³-hybridized carbons (Fsp3) is 0. The van der Waals surface area contributed by atoms with Gasteiger partial charge in [0.15, 0.2) is 11.6 Å². The third kappa shape index (κ3) is 5.45. The first kappa shape index (κ1) is 19.1. The third-order valence-corrected chi connectivity index (χ3v) is 9.67. The maximum atomic E-state index is 9.87. The number of benzene rings is 8. The van der Waals surface area contributed by atoms with E-state index in [1.165, 1.54) is 4.57 Å². The summed E-state index contributed by atoms with van der Waals surface area (Å²) in [6.07, 6.45) is 0. The zero-order valence-electron chi connectivity index (χ0n) is 48.7. The number of fused-ring (bicyclic) bond motifs is 7. The summed E-state index contributed by atoms with van der Waals surface area (Å²) < 4.78 is 175. The van der Waals surface area contributed by atoms with Gasteiger partial charge >= 0.3 is 0 Å². The van der Waals surface area contributed by atoms with Gasteiger partial charge in [0, 0.05) is 38.4 Å². The van der Waals surface area contributed by atoms with Crippen LogP contribution in [-0.2, 0) is 0 Å². The molecule has 0 saturated heterocycles.